The molecule has 5 heteroatoms. The van der Waals surface area contributed by atoms with Crippen LogP contribution in [0.3, 0.4) is 0 Å². The number of hydrogen-bond acceptors (Lipinski definition) is 2. The molecule has 0 heterocycles. The second-order valence-corrected chi connectivity index (χ2v) is 11.4. The average molecular weight is 433 g/mol. The van der Waals surface area contributed by atoms with E-state index in [-0.39, 0.29) is 18.0 Å². The smallest absolute Gasteiger partial charge is 0.234 e. The SMILES string of the molecule is CCCC[P+](CCCC)(CCCC)/C(F)=C/Cc1ccc(OC)c(OC)c1.[Cl-]. The summed E-state index contributed by atoms with van der Waals surface area (Å²) in [6.07, 6.45) is 12.5. The van der Waals surface area contributed by atoms with Crippen molar-refractivity contribution in [1.82, 2.24) is 0 Å². The van der Waals surface area contributed by atoms with Crippen LogP contribution < -0.4 is 21.9 Å². The van der Waals surface area contributed by atoms with E-state index in [0.29, 0.717) is 17.9 Å². The third kappa shape index (κ3) is 8.29. The molecule has 0 saturated carbocycles. The van der Waals surface area contributed by atoms with Crippen LogP contribution in [0.1, 0.15) is 64.9 Å². The van der Waals surface area contributed by atoms with E-state index in [9.17, 15) is 0 Å². The Kier molecular flexibility index (Phi) is 14.7. The molecule has 1 aromatic carbocycles. The minimum absolute atomic E-state index is 0. The lowest BCUT2D eigenvalue weighted by molar-refractivity contribution is -0.00000692. The maximum absolute atomic E-state index is 15.6. The van der Waals surface area contributed by atoms with E-state index in [1.54, 1.807) is 14.2 Å². The van der Waals surface area contributed by atoms with Crippen LogP contribution in [0.25, 0.3) is 0 Å². The normalized spacial score (nSPS) is 11.9. The molecule has 0 unspecified atom stereocenters. The van der Waals surface area contributed by atoms with Crippen molar-refractivity contribution < 1.29 is 26.3 Å². The topological polar surface area (TPSA) is 18.5 Å². The minimum Gasteiger partial charge on any atom is -1.00 e. The molecule has 1 aromatic rings. The average Bonchev–Trinajstić information content (AvgIpc) is 2.71. The number of halogens is 2. The van der Waals surface area contributed by atoms with E-state index < -0.39 is 7.26 Å². The summed E-state index contributed by atoms with van der Waals surface area (Å²) in [4.78, 5) is 0. The van der Waals surface area contributed by atoms with Gasteiger partial charge in [0.2, 0.25) is 5.57 Å². The van der Waals surface area contributed by atoms with Crippen molar-refractivity contribution in [2.45, 2.75) is 65.7 Å². The summed E-state index contributed by atoms with van der Waals surface area (Å²) >= 11 is 0. The number of unbranched alkanes of at least 4 members (excludes halogenated alkanes) is 3. The maximum atomic E-state index is 15.6. The van der Waals surface area contributed by atoms with Crippen LogP contribution in [-0.4, -0.2) is 32.7 Å². The fraction of sp³-hybridized carbons (Fsp3) is 0.652. The van der Waals surface area contributed by atoms with Gasteiger partial charge in [-0.2, -0.15) is 4.39 Å². The van der Waals surface area contributed by atoms with Crippen LogP contribution in [0.15, 0.2) is 29.8 Å². The second-order valence-electron chi connectivity index (χ2n) is 7.30. The minimum atomic E-state index is -1.67. The highest BCUT2D eigenvalue weighted by Crippen LogP contribution is 2.67. The first kappa shape index (κ1) is 27.2. The Hall–Kier alpha value is -0.790. The van der Waals surface area contributed by atoms with Crippen LogP contribution >= 0.6 is 7.26 Å². The molecular weight excluding hydrogens is 394 g/mol. The van der Waals surface area contributed by atoms with E-state index in [4.69, 9.17) is 9.47 Å². The largest absolute Gasteiger partial charge is 1.00 e. The number of benzene rings is 1. The molecule has 0 N–H and O–H groups in total. The Bertz CT molecular complexity index is 556. The van der Waals surface area contributed by atoms with Crippen molar-refractivity contribution in [3.05, 3.63) is 35.4 Å². The molecule has 162 valence electrons. The molecule has 0 saturated heterocycles. The van der Waals surface area contributed by atoms with Gasteiger partial charge in [-0.15, -0.1) is 0 Å². The number of ether oxygens (including phenoxy) is 2. The highest BCUT2D eigenvalue weighted by atomic mass is 35.5. The van der Waals surface area contributed by atoms with Crippen molar-refractivity contribution in [3.63, 3.8) is 0 Å². The van der Waals surface area contributed by atoms with E-state index in [1.807, 2.05) is 24.3 Å². The summed E-state index contributed by atoms with van der Waals surface area (Å²) in [5.74, 6) is 1.41. The Morgan fingerprint density at radius 3 is 1.82 bits per heavy atom. The molecule has 0 aliphatic heterocycles. The Morgan fingerprint density at radius 1 is 0.893 bits per heavy atom. The fourth-order valence-electron chi connectivity index (χ4n) is 3.44. The quantitative estimate of drug-likeness (QED) is 0.403. The molecule has 1 rings (SSSR count). The van der Waals surface area contributed by atoms with Gasteiger partial charge < -0.3 is 21.9 Å². The van der Waals surface area contributed by atoms with Gasteiger partial charge >= 0.3 is 0 Å². The summed E-state index contributed by atoms with van der Waals surface area (Å²) in [5.41, 5.74) is 1.26. The zero-order valence-corrected chi connectivity index (χ0v) is 20.1. The van der Waals surface area contributed by atoms with Gasteiger partial charge in [-0.05, 0) is 49.5 Å². The van der Waals surface area contributed by atoms with E-state index in [0.717, 1.165) is 62.6 Å². The Labute approximate surface area is 179 Å². The van der Waals surface area contributed by atoms with Crippen LogP contribution in [0.5, 0.6) is 11.5 Å². The summed E-state index contributed by atoms with van der Waals surface area (Å²) in [6, 6.07) is 5.84. The molecule has 0 aromatic heterocycles. The van der Waals surface area contributed by atoms with E-state index >= 15 is 4.39 Å². The zero-order valence-electron chi connectivity index (χ0n) is 18.4. The molecule has 0 fully saturated rings. The third-order valence-electron chi connectivity index (χ3n) is 5.23. The van der Waals surface area contributed by atoms with Crippen molar-refractivity contribution in [1.29, 1.82) is 0 Å². The molecule has 0 aliphatic carbocycles. The predicted octanol–water partition coefficient (Wildman–Crippen LogP) is 4.48. The molecule has 0 aliphatic rings. The highest BCUT2D eigenvalue weighted by molar-refractivity contribution is 7.79. The third-order valence-corrected chi connectivity index (χ3v) is 9.83. The molecule has 0 bridgehead atoms. The van der Waals surface area contributed by atoms with Gasteiger partial charge in [0.25, 0.3) is 0 Å². The number of methoxy groups -OCH3 is 2. The van der Waals surface area contributed by atoms with Gasteiger partial charge in [-0.25, -0.2) is 0 Å². The second kappa shape index (κ2) is 15.1. The standard InChI is InChI=1S/C23H39FO2P.ClH/c1-6-9-16-27(17-10-7-2,18-11-8-3)23(24)15-13-20-12-14-21(25-4)22(19-20)26-5;/h12,14-15,19H,6-11,13,16-18H2,1-5H3;1H/q+1;/p-1/b23-15+;. The number of rotatable bonds is 14. The van der Waals surface area contributed by atoms with E-state index in [2.05, 4.69) is 20.8 Å². The van der Waals surface area contributed by atoms with Gasteiger partial charge in [0.05, 0.1) is 40.0 Å². The fourth-order valence-corrected chi connectivity index (χ4v) is 8.00. The first-order valence-corrected chi connectivity index (χ1v) is 12.8. The molecule has 2 nitrogen and oxygen atoms in total. The van der Waals surface area contributed by atoms with Crippen LogP contribution in [0, 0.1) is 0 Å². The van der Waals surface area contributed by atoms with Crippen molar-refractivity contribution in [2.24, 2.45) is 0 Å². The molecule has 28 heavy (non-hydrogen) atoms. The van der Waals surface area contributed by atoms with Gasteiger partial charge in [-0.3, -0.25) is 0 Å². The lowest BCUT2D eigenvalue weighted by Gasteiger charge is -2.25. The van der Waals surface area contributed by atoms with Crippen molar-refractivity contribution >= 4 is 7.26 Å². The summed E-state index contributed by atoms with van der Waals surface area (Å²) in [7, 11) is 1.59. The molecule has 0 amide bonds. The predicted molar refractivity (Wildman–Crippen MR) is 119 cm³/mol. The first-order chi connectivity index (χ1) is 13.1. The van der Waals surface area contributed by atoms with Crippen LogP contribution in [-0.2, 0) is 6.42 Å². The van der Waals surface area contributed by atoms with Crippen LogP contribution in [0.4, 0.5) is 4.39 Å². The Morgan fingerprint density at radius 2 is 1.39 bits per heavy atom. The van der Waals surface area contributed by atoms with Crippen molar-refractivity contribution in [2.75, 3.05) is 32.7 Å². The van der Waals surface area contributed by atoms with Gasteiger partial charge in [0.1, 0.15) is 0 Å². The monoisotopic (exact) mass is 432 g/mol. The zero-order chi connectivity index (χ0) is 20.1. The number of hydrogen-bond donors (Lipinski definition) is 0. The van der Waals surface area contributed by atoms with Gasteiger partial charge in [0.15, 0.2) is 11.5 Å². The summed E-state index contributed by atoms with van der Waals surface area (Å²) in [6.45, 7) is 6.62. The van der Waals surface area contributed by atoms with Gasteiger partial charge in [-0.1, -0.05) is 46.1 Å². The van der Waals surface area contributed by atoms with Gasteiger partial charge in [0, 0.05) is 0 Å². The number of allylic oxidation sites excluding steroid dienone is 1. The molecule has 0 spiro atoms. The van der Waals surface area contributed by atoms with E-state index in [1.165, 1.54) is 0 Å². The molecular formula is C23H39ClFO2P. The Balaban J connectivity index is 0.00000729. The molecule has 0 atom stereocenters. The maximum Gasteiger partial charge on any atom is 0.234 e. The molecule has 0 radical (unpaired) electrons. The van der Waals surface area contributed by atoms with Crippen LogP contribution in [0.2, 0.25) is 0 Å². The van der Waals surface area contributed by atoms with Crippen molar-refractivity contribution in [3.8, 4) is 11.5 Å². The summed E-state index contributed by atoms with van der Waals surface area (Å²) in [5, 5.41) is 0. The lowest BCUT2D eigenvalue weighted by Crippen LogP contribution is -3.00. The summed E-state index contributed by atoms with van der Waals surface area (Å²) < 4.78 is 26.2. The highest BCUT2D eigenvalue weighted by Gasteiger charge is 2.41. The lowest BCUT2D eigenvalue weighted by atomic mass is 10.1. The first-order valence-electron chi connectivity index (χ1n) is 10.5.